The number of thiazole rings is 1. The monoisotopic (exact) mass is 264 g/mol. The molecule has 0 spiro atoms. The van der Waals surface area contributed by atoms with Gasteiger partial charge in [-0.15, -0.1) is 11.3 Å². The molecule has 18 heavy (non-hydrogen) atoms. The molecule has 98 valence electrons. The number of aromatic nitrogens is 1. The van der Waals surface area contributed by atoms with Gasteiger partial charge in [-0.1, -0.05) is 12.1 Å². The van der Waals surface area contributed by atoms with Crippen LogP contribution in [0, 0.1) is 0 Å². The number of aliphatic hydroxyl groups excluding tert-OH is 1. The van der Waals surface area contributed by atoms with Crippen LogP contribution in [-0.2, 0) is 0 Å². The van der Waals surface area contributed by atoms with Gasteiger partial charge in [-0.05, 0) is 38.8 Å². The maximum absolute atomic E-state index is 8.82. The van der Waals surface area contributed by atoms with Crippen LogP contribution in [0.15, 0.2) is 24.3 Å². The largest absolute Gasteiger partial charge is 0.396 e. The maximum Gasteiger partial charge on any atom is 0.111 e. The SMILES string of the molecule is CC(CCCO)NC(C)c1nc2ccccc2s1. The summed E-state index contributed by atoms with van der Waals surface area (Å²) in [5.41, 5.74) is 1.08. The number of nitrogens with zero attached hydrogens (tertiary/aromatic N) is 1. The van der Waals surface area contributed by atoms with Gasteiger partial charge in [0, 0.05) is 12.6 Å². The number of rotatable bonds is 6. The summed E-state index contributed by atoms with van der Waals surface area (Å²) in [7, 11) is 0. The van der Waals surface area contributed by atoms with Crippen molar-refractivity contribution >= 4 is 21.6 Å². The summed E-state index contributed by atoms with van der Waals surface area (Å²) in [6.45, 7) is 4.56. The molecule has 3 nitrogen and oxygen atoms in total. The fraction of sp³-hybridized carbons (Fsp3) is 0.500. The van der Waals surface area contributed by atoms with Gasteiger partial charge in [0.05, 0.1) is 16.3 Å². The van der Waals surface area contributed by atoms with E-state index in [9.17, 15) is 0 Å². The molecule has 0 bridgehead atoms. The molecular weight excluding hydrogens is 244 g/mol. The van der Waals surface area contributed by atoms with Crippen LogP contribution >= 0.6 is 11.3 Å². The highest BCUT2D eigenvalue weighted by atomic mass is 32.1. The molecule has 1 aromatic carbocycles. The molecule has 0 aliphatic heterocycles. The van der Waals surface area contributed by atoms with Crippen LogP contribution in [0.25, 0.3) is 10.2 Å². The maximum atomic E-state index is 8.82. The number of hydrogen-bond donors (Lipinski definition) is 2. The first-order chi connectivity index (χ1) is 8.70. The molecule has 4 heteroatoms. The fourth-order valence-corrected chi connectivity index (χ4v) is 3.03. The Kier molecular flexibility index (Phi) is 4.69. The first-order valence-corrected chi connectivity index (χ1v) is 7.24. The van der Waals surface area contributed by atoms with Crippen molar-refractivity contribution in [1.29, 1.82) is 0 Å². The van der Waals surface area contributed by atoms with Crippen LogP contribution in [0.3, 0.4) is 0 Å². The average Bonchev–Trinajstić information content (AvgIpc) is 2.80. The smallest absolute Gasteiger partial charge is 0.111 e. The summed E-state index contributed by atoms with van der Waals surface area (Å²) < 4.78 is 1.24. The molecule has 0 aliphatic rings. The molecule has 0 saturated heterocycles. The number of hydrogen-bond acceptors (Lipinski definition) is 4. The second-order valence-corrected chi connectivity index (χ2v) is 5.74. The number of para-hydroxylation sites is 1. The lowest BCUT2D eigenvalue weighted by Gasteiger charge is -2.17. The Hall–Kier alpha value is -0.970. The summed E-state index contributed by atoms with van der Waals surface area (Å²) in [6.07, 6.45) is 1.84. The van der Waals surface area contributed by atoms with E-state index < -0.39 is 0 Å². The van der Waals surface area contributed by atoms with Gasteiger partial charge in [0.2, 0.25) is 0 Å². The molecule has 2 N–H and O–H groups in total. The van der Waals surface area contributed by atoms with Crippen molar-refractivity contribution in [2.24, 2.45) is 0 Å². The highest BCUT2D eigenvalue weighted by molar-refractivity contribution is 7.18. The number of aliphatic hydroxyl groups is 1. The summed E-state index contributed by atoms with van der Waals surface area (Å²) in [6, 6.07) is 8.89. The molecule has 1 aromatic heterocycles. The van der Waals surface area contributed by atoms with Crippen LogP contribution in [-0.4, -0.2) is 22.7 Å². The lowest BCUT2D eigenvalue weighted by atomic mass is 10.1. The summed E-state index contributed by atoms with van der Waals surface area (Å²) >= 11 is 1.75. The summed E-state index contributed by atoms with van der Waals surface area (Å²) in [5, 5.41) is 13.5. The van der Waals surface area contributed by atoms with E-state index in [1.165, 1.54) is 4.70 Å². The minimum absolute atomic E-state index is 0.260. The molecule has 0 fully saturated rings. The van der Waals surface area contributed by atoms with Crippen molar-refractivity contribution in [3.8, 4) is 0 Å². The molecule has 0 aliphatic carbocycles. The van der Waals surface area contributed by atoms with Crippen molar-refractivity contribution in [2.75, 3.05) is 6.61 Å². The summed E-state index contributed by atoms with van der Waals surface area (Å²) in [5.74, 6) is 0. The van der Waals surface area contributed by atoms with Crippen molar-refractivity contribution in [2.45, 2.75) is 38.8 Å². The third-order valence-corrected chi connectivity index (χ3v) is 4.23. The Balaban J connectivity index is 2.01. The molecule has 0 radical (unpaired) electrons. The quantitative estimate of drug-likeness (QED) is 0.842. The number of nitrogens with one attached hydrogen (secondary N) is 1. The molecule has 2 rings (SSSR count). The van der Waals surface area contributed by atoms with E-state index in [0.717, 1.165) is 23.4 Å². The Morgan fingerprint density at radius 1 is 1.33 bits per heavy atom. The van der Waals surface area contributed by atoms with E-state index >= 15 is 0 Å². The fourth-order valence-electron chi connectivity index (χ4n) is 2.05. The molecule has 0 saturated carbocycles. The van der Waals surface area contributed by atoms with Crippen LogP contribution in [0.4, 0.5) is 0 Å². The van der Waals surface area contributed by atoms with E-state index in [1.807, 2.05) is 12.1 Å². The molecule has 0 amide bonds. The van der Waals surface area contributed by atoms with E-state index in [0.29, 0.717) is 6.04 Å². The van der Waals surface area contributed by atoms with Gasteiger partial charge in [0.1, 0.15) is 5.01 Å². The van der Waals surface area contributed by atoms with Crippen LogP contribution in [0.5, 0.6) is 0 Å². The first kappa shape index (κ1) is 13.5. The molecule has 2 aromatic rings. The van der Waals surface area contributed by atoms with E-state index in [-0.39, 0.29) is 12.6 Å². The lowest BCUT2D eigenvalue weighted by molar-refractivity contribution is 0.274. The minimum atomic E-state index is 0.260. The minimum Gasteiger partial charge on any atom is -0.396 e. The lowest BCUT2D eigenvalue weighted by Crippen LogP contribution is -2.29. The Morgan fingerprint density at radius 2 is 2.11 bits per heavy atom. The highest BCUT2D eigenvalue weighted by Crippen LogP contribution is 2.26. The van der Waals surface area contributed by atoms with Crippen LogP contribution in [0.2, 0.25) is 0 Å². The van der Waals surface area contributed by atoms with E-state index in [2.05, 4.69) is 36.3 Å². The zero-order valence-corrected chi connectivity index (χ0v) is 11.7. The van der Waals surface area contributed by atoms with Crippen molar-refractivity contribution in [3.05, 3.63) is 29.3 Å². The molecule has 2 unspecified atom stereocenters. The van der Waals surface area contributed by atoms with Gasteiger partial charge >= 0.3 is 0 Å². The third-order valence-electron chi connectivity index (χ3n) is 3.01. The van der Waals surface area contributed by atoms with Gasteiger partial charge in [-0.3, -0.25) is 0 Å². The van der Waals surface area contributed by atoms with Crippen LogP contribution < -0.4 is 5.32 Å². The Bertz CT molecular complexity index is 464. The predicted octanol–water partition coefficient (Wildman–Crippen LogP) is 3.11. The molecular formula is C14H20N2OS. The van der Waals surface area contributed by atoms with Crippen molar-refractivity contribution in [1.82, 2.24) is 10.3 Å². The summed E-state index contributed by atoms with van der Waals surface area (Å²) in [4.78, 5) is 4.65. The topological polar surface area (TPSA) is 45.1 Å². The Labute approximate surface area is 112 Å². The molecule has 2 atom stereocenters. The Morgan fingerprint density at radius 3 is 2.83 bits per heavy atom. The van der Waals surface area contributed by atoms with Gasteiger partial charge in [0.15, 0.2) is 0 Å². The predicted molar refractivity (Wildman–Crippen MR) is 77.0 cm³/mol. The van der Waals surface area contributed by atoms with Gasteiger partial charge < -0.3 is 10.4 Å². The van der Waals surface area contributed by atoms with Crippen LogP contribution in [0.1, 0.15) is 37.7 Å². The first-order valence-electron chi connectivity index (χ1n) is 6.43. The van der Waals surface area contributed by atoms with Gasteiger partial charge in [-0.2, -0.15) is 0 Å². The zero-order valence-electron chi connectivity index (χ0n) is 10.9. The van der Waals surface area contributed by atoms with Gasteiger partial charge in [-0.25, -0.2) is 4.98 Å². The number of fused-ring (bicyclic) bond motifs is 1. The number of benzene rings is 1. The zero-order chi connectivity index (χ0) is 13.0. The average molecular weight is 264 g/mol. The second-order valence-electron chi connectivity index (χ2n) is 4.68. The van der Waals surface area contributed by atoms with Crippen molar-refractivity contribution in [3.63, 3.8) is 0 Å². The second kappa shape index (κ2) is 6.27. The molecule has 1 heterocycles. The standard InChI is InChI=1S/C14H20N2OS/c1-10(6-5-9-17)15-11(2)14-16-12-7-3-4-8-13(12)18-14/h3-4,7-8,10-11,15,17H,5-6,9H2,1-2H3. The highest BCUT2D eigenvalue weighted by Gasteiger charge is 2.13. The van der Waals surface area contributed by atoms with E-state index in [1.54, 1.807) is 11.3 Å². The third kappa shape index (κ3) is 3.28. The van der Waals surface area contributed by atoms with Gasteiger partial charge in [0.25, 0.3) is 0 Å². The van der Waals surface area contributed by atoms with E-state index in [4.69, 9.17) is 5.11 Å². The van der Waals surface area contributed by atoms with Crippen molar-refractivity contribution < 1.29 is 5.11 Å². The normalized spacial score (nSPS) is 14.8.